The third kappa shape index (κ3) is 6.32. The van der Waals surface area contributed by atoms with E-state index in [2.05, 4.69) is 15.5 Å². The van der Waals surface area contributed by atoms with E-state index >= 15 is 0 Å². The smallest absolute Gasteiger partial charge is 0.410 e. The molecular weight excluding hydrogens is 402 g/mol. The largest absolute Gasteiger partial charge is 0.444 e. The number of nitrogens with one attached hydrogen (secondary N) is 2. The number of amides is 5. The van der Waals surface area contributed by atoms with Gasteiger partial charge < -0.3 is 20.3 Å². The second-order valence-electron chi connectivity index (χ2n) is 9.59. The number of hydrogen-bond acceptors (Lipinski definition) is 6. The van der Waals surface area contributed by atoms with Gasteiger partial charge in [-0.05, 0) is 58.9 Å². The molecule has 0 spiro atoms. The lowest BCUT2D eigenvalue weighted by molar-refractivity contribution is -0.126. The van der Waals surface area contributed by atoms with Crippen molar-refractivity contribution in [1.82, 2.24) is 25.3 Å². The van der Waals surface area contributed by atoms with Gasteiger partial charge in [0.1, 0.15) is 11.6 Å². The van der Waals surface area contributed by atoms with Gasteiger partial charge in [-0.1, -0.05) is 0 Å². The van der Waals surface area contributed by atoms with E-state index < -0.39 is 17.7 Å². The number of hydrogen-bond donors (Lipinski definition) is 2. The van der Waals surface area contributed by atoms with Crippen molar-refractivity contribution in [3.63, 3.8) is 0 Å². The molecule has 3 saturated heterocycles. The predicted molar refractivity (Wildman–Crippen MR) is 113 cm³/mol. The van der Waals surface area contributed by atoms with E-state index in [0.717, 1.165) is 32.4 Å². The molecule has 0 aromatic carbocycles. The van der Waals surface area contributed by atoms with Gasteiger partial charge in [-0.15, -0.1) is 0 Å². The minimum atomic E-state index is -0.591. The van der Waals surface area contributed by atoms with E-state index in [-0.39, 0.29) is 24.4 Å². The highest BCUT2D eigenvalue weighted by Crippen LogP contribution is 2.22. The number of imide groups is 1. The third-order valence-corrected chi connectivity index (χ3v) is 5.93. The van der Waals surface area contributed by atoms with E-state index in [1.165, 1.54) is 9.80 Å². The number of likely N-dealkylation sites (tertiary alicyclic amines) is 2. The summed E-state index contributed by atoms with van der Waals surface area (Å²) in [7, 11) is 0. The molecule has 3 rings (SSSR count). The van der Waals surface area contributed by atoms with Crippen molar-refractivity contribution in [2.45, 2.75) is 58.1 Å². The zero-order valence-electron chi connectivity index (χ0n) is 18.8. The molecule has 31 heavy (non-hydrogen) atoms. The number of carbonyl (C=O) groups excluding carboxylic acids is 4. The summed E-state index contributed by atoms with van der Waals surface area (Å²) in [5.74, 6) is -0.00562. The Hall–Kier alpha value is -2.36. The first-order valence-electron chi connectivity index (χ1n) is 11.2. The number of ether oxygens (including phenoxy) is 1. The Morgan fingerprint density at radius 2 is 1.87 bits per heavy atom. The van der Waals surface area contributed by atoms with Crippen LogP contribution in [0.25, 0.3) is 0 Å². The molecule has 3 aliphatic heterocycles. The third-order valence-electron chi connectivity index (χ3n) is 5.93. The van der Waals surface area contributed by atoms with Crippen molar-refractivity contribution in [2.24, 2.45) is 5.92 Å². The summed E-state index contributed by atoms with van der Waals surface area (Å²) < 4.78 is 5.44. The van der Waals surface area contributed by atoms with Gasteiger partial charge in [0, 0.05) is 32.7 Å². The van der Waals surface area contributed by atoms with Gasteiger partial charge in [0.2, 0.25) is 11.8 Å². The Kier molecular flexibility index (Phi) is 7.40. The lowest BCUT2D eigenvalue weighted by Gasteiger charge is -2.34. The van der Waals surface area contributed by atoms with Crippen molar-refractivity contribution in [1.29, 1.82) is 0 Å². The molecule has 0 bridgehead atoms. The first-order valence-corrected chi connectivity index (χ1v) is 11.2. The molecule has 0 radical (unpaired) electrons. The van der Waals surface area contributed by atoms with Gasteiger partial charge in [0.15, 0.2) is 0 Å². The molecule has 174 valence electrons. The van der Waals surface area contributed by atoms with Crippen molar-refractivity contribution < 1.29 is 23.9 Å². The summed E-state index contributed by atoms with van der Waals surface area (Å²) in [4.78, 5) is 53.6. The minimum Gasteiger partial charge on any atom is -0.444 e. The summed E-state index contributed by atoms with van der Waals surface area (Å²) >= 11 is 0. The van der Waals surface area contributed by atoms with E-state index in [1.54, 1.807) is 0 Å². The predicted octanol–water partition coefficient (Wildman–Crippen LogP) is 0.766. The average molecular weight is 438 g/mol. The normalized spacial score (nSPS) is 25.0. The summed E-state index contributed by atoms with van der Waals surface area (Å²) in [5, 5.41) is 5.56. The number of nitrogens with zero attached hydrogens (tertiary/aromatic N) is 3. The van der Waals surface area contributed by atoms with Crippen LogP contribution < -0.4 is 10.6 Å². The lowest BCUT2D eigenvalue weighted by Crippen LogP contribution is -2.50. The average Bonchev–Trinajstić information content (AvgIpc) is 3.31. The van der Waals surface area contributed by atoms with Crippen molar-refractivity contribution in [3.8, 4) is 0 Å². The maximum atomic E-state index is 12.8. The molecule has 5 amide bonds. The van der Waals surface area contributed by atoms with E-state index in [0.29, 0.717) is 38.5 Å². The first-order chi connectivity index (χ1) is 14.6. The second-order valence-corrected chi connectivity index (χ2v) is 9.59. The number of carbonyl (C=O) groups is 4. The molecule has 0 unspecified atom stereocenters. The molecular formula is C21H35N5O5. The molecule has 10 heteroatoms. The van der Waals surface area contributed by atoms with Crippen LogP contribution in [0.2, 0.25) is 0 Å². The second kappa shape index (κ2) is 9.84. The van der Waals surface area contributed by atoms with Crippen molar-refractivity contribution >= 4 is 23.9 Å². The van der Waals surface area contributed by atoms with Crippen LogP contribution in [-0.2, 0) is 14.3 Å². The van der Waals surface area contributed by atoms with Gasteiger partial charge in [0.25, 0.3) is 0 Å². The Labute approximate surface area is 183 Å². The SMILES string of the molecule is CC(C)(C)OC(=O)N1CCC[C@@H]1C(=O)NC[C@H]1CCCN(CCN2C(=O)CNC2=O)C1. The quantitative estimate of drug-likeness (QED) is 0.594. The molecule has 3 heterocycles. The molecule has 3 fully saturated rings. The number of piperidine rings is 1. The summed E-state index contributed by atoms with van der Waals surface area (Å²) in [5.41, 5.74) is -0.591. The maximum Gasteiger partial charge on any atom is 0.410 e. The fraction of sp³-hybridized carbons (Fsp3) is 0.810. The van der Waals surface area contributed by atoms with Crippen LogP contribution in [0.4, 0.5) is 9.59 Å². The minimum absolute atomic E-state index is 0.0783. The molecule has 0 saturated carbocycles. The number of rotatable bonds is 6. The summed E-state index contributed by atoms with van der Waals surface area (Å²) in [6.07, 6.45) is 3.02. The van der Waals surface area contributed by atoms with E-state index in [9.17, 15) is 19.2 Å². The maximum absolute atomic E-state index is 12.8. The highest BCUT2D eigenvalue weighted by Gasteiger charge is 2.37. The molecule has 2 atom stereocenters. The highest BCUT2D eigenvalue weighted by molar-refractivity contribution is 6.01. The van der Waals surface area contributed by atoms with Crippen LogP contribution in [0.15, 0.2) is 0 Å². The molecule has 0 aliphatic carbocycles. The Balaban J connectivity index is 1.43. The van der Waals surface area contributed by atoms with Gasteiger partial charge in [-0.25, -0.2) is 9.59 Å². The Morgan fingerprint density at radius 3 is 2.55 bits per heavy atom. The standard InChI is InChI=1S/C21H35N5O5/c1-21(2,3)31-20(30)25-9-5-7-16(25)18(28)22-12-15-6-4-8-24(14-15)10-11-26-17(27)13-23-19(26)29/h15-16H,4-14H2,1-3H3,(H,22,28)(H,23,29)/t15-,16-/m1/s1. The van der Waals surface area contributed by atoms with Crippen molar-refractivity contribution in [3.05, 3.63) is 0 Å². The molecule has 10 nitrogen and oxygen atoms in total. The molecule has 0 aromatic heterocycles. The van der Waals surface area contributed by atoms with Crippen LogP contribution in [0.3, 0.4) is 0 Å². The van der Waals surface area contributed by atoms with Gasteiger partial charge in [-0.3, -0.25) is 19.4 Å². The van der Waals surface area contributed by atoms with Gasteiger partial charge in [0.05, 0.1) is 6.54 Å². The highest BCUT2D eigenvalue weighted by atomic mass is 16.6. The van der Waals surface area contributed by atoms with Crippen LogP contribution >= 0.6 is 0 Å². The van der Waals surface area contributed by atoms with E-state index in [4.69, 9.17) is 4.74 Å². The first kappa shape index (κ1) is 23.3. The molecule has 0 aromatic rings. The monoisotopic (exact) mass is 437 g/mol. The zero-order chi connectivity index (χ0) is 22.6. The topological polar surface area (TPSA) is 111 Å². The Morgan fingerprint density at radius 1 is 1.13 bits per heavy atom. The fourth-order valence-electron chi connectivity index (χ4n) is 4.39. The lowest BCUT2D eigenvalue weighted by atomic mass is 9.98. The van der Waals surface area contributed by atoms with Crippen LogP contribution in [0.1, 0.15) is 46.5 Å². The van der Waals surface area contributed by atoms with Crippen LogP contribution in [-0.4, -0.2) is 96.1 Å². The van der Waals surface area contributed by atoms with E-state index in [1.807, 2.05) is 20.8 Å². The zero-order valence-corrected chi connectivity index (χ0v) is 18.8. The summed E-state index contributed by atoms with van der Waals surface area (Å²) in [6, 6.07) is -0.800. The van der Waals surface area contributed by atoms with Crippen LogP contribution in [0.5, 0.6) is 0 Å². The number of urea groups is 1. The van der Waals surface area contributed by atoms with Gasteiger partial charge >= 0.3 is 12.1 Å². The Bertz CT molecular complexity index is 691. The molecule has 2 N–H and O–H groups in total. The molecule has 3 aliphatic rings. The van der Waals surface area contributed by atoms with Gasteiger partial charge in [-0.2, -0.15) is 0 Å². The fourth-order valence-corrected chi connectivity index (χ4v) is 4.39. The summed E-state index contributed by atoms with van der Waals surface area (Å²) in [6.45, 7) is 9.37. The van der Waals surface area contributed by atoms with Crippen molar-refractivity contribution in [2.75, 3.05) is 45.8 Å². The van der Waals surface area contributed by atoms with Crippen LogP contribution in [0, 0.1) is 5.92 Å².